The zero-order valence-corrected chi connectivity index (χ0v) is 12.8. The molecule has 23 heavy (non-hydrogen) atoms. The Morgan fingerprint density at radius 3 is 2.83 bits per heavy atom. The van der Waals surface area contributed by atoms with Crippen LogP contribution in [0.2, 0.25) is 0 Å². The number of nitrogens with one attached hydrogen (secondary N) is 2. The average Bonchev–Trinajstić information content (AvgIpc) is 2.46. The third-order valence-electron chi connectivity index (χ3n) is 2.99. The molecule has 0 saturated heterocycles. The van der Waals surface area contributed by atoms with Gasteiger partial charge in [-0.2, -0.15) is 0 Å². The highest BCUT2D eigenvalue weighted by atomic mass is 16.6. The first-order valence-electron chi connectivity index (χ1n) is 7.09. The summed E-state index contributed by atoms with van der Waals surface area (Å²) in [6.07, 6.45) is 1.53. The van der Waals surface area contributed by atoms with Gasteiger partial charge in [0, 0.05) is 25.2 Å². The second-order valence-electron chi connectivity index (χ2n) is 5.20. The van der Waals surface area contributed by atoms with Crippen LogP contribution in [0.3, 0.4) is 0 Å². The third kappa shape index (κ3) is 3.82. The van der Waals surface area contributed by atoms with Crippen molar-refractivity contribution in [3.8, 4) is 0 Å². The predicted molar refractivity (Wildman–Crippen MR) is 84.5 cm³/mol. The molecule has 122 valence electrons. The fraction of sp³-hybridized carbons (Fsp3) is 0.357. The highest BCUT2D eigenvalue weighted by Gasteiger charge is 2.23. The van der Waals surface area contributed by atoms with Crippen LogP contribution in [0.25, 0.3) is 5.65 Å². The Bertz CT molecular complexity index is 799. The third-order valence-corrected chi connectivity index (χ3v) is 2.99. The first-order valence-corrected chi connectivity index (χ1v) is 7.09. The first-order chi connectivity index (χ1) is 10.9. The van der Waals surface area contributed by atoms with Crippen LogP contribution in [0.15, 0.2) is 29.2 Å². The molecule has 9 heteroatoms. The SMILES string of the molecule is CC(C)NC(=O)CCNc1nc2ccccn2c(=O)c1[N+](=O)[O-]. The second-order valence-corrected chi connectivity index (χ2v) is 5.20. The van der Waals surface area contributed by atoms with E-state index in [4.69, 9.17) is 0 Å². The number of carbonyl (C=O) groups is 1. The summed E-state index contributed by atoms with van der Waals surface area (Å²) in [6.45, 7) is 3.80. The maximum Gasteiger partial charge on any atom is 0.376 e. The second kappa shape index (κ2) is 6.86. The molecule has 0 fully saturated rings. The van der Waals surface area contributed by atoms with Crippen molar-refractivity contribution in [2.45, 2.75) is 26.3 Å². The first kappa shape index (κ1) is 16.4. The van der Waals surface area contributed by atoms with Gasteiger partial charge in [0.25, 0.3) is 0 Å². The fourth-order valence-electron chi connectivity index (χ4n) is 2.06. The van der Waals surface area contributed by atoms with E-state index >= 15 is 0 Å². The number of rotatable bonds is 6. The van der Waals surface area contributed by atoms with Gasteiger partial charge in [0.1, 0.15) is 5.65 Å². The molecule has 2 aromatic heterocycles. The molecule has 2 rings (SSSR count). The average molecular weight is 319 g/mol. The minimum Gasteiger partial charge on any atom is -0.364 e. The minimum atomic E-state index is -0.773. The summed E-state index contributed by atoms with van der Waals surface area (Å²) in [5, 5.41) is 16.6. The molecule has 0 aliphatic heterocycles. The Labute approximate surface area is 131 Å². The molecule has 2 N–H and O–H groups in total. The van der Waals surface area contributed by atoms with Gasteiger partial charge in [-0.1, -0.05) is 6.07 Å². The van der Waals surface area contributed by atoms with Crippen LogP contribution < -0.4 is 16.2 Å². The number of carbonyl (C=O) groups excluding carboxylic acids is 1. The summed E-state index contributed by atoms with van der Waals surface area (Å²) in [5.41, 5.74) is -1.12. The predicted octanol–water partition coefficient (Wildman–Crippen LogP) is 0.929. The van der Waals surface area contributed by atoms with Crippen molar-refractivity contribution in [3.05, 3.63) is 44.9 Å². The highest BCUT2D eigenvalue weighted by molar-refractivity contribution is 5.76. The Morgan fingerprint density at radius 1 is 1.43 bits per heavy atom. The number of nitro groups is 1. The van der Waals surface area contributed by atoms with Crippen molar-refractivity contribution in [1.29, 1.82) is 0 Å². The number of nitrogens with zero attached hydrogens (tertiary/aromatic N) is 3. The zero-order chi connectivity index (χ0) is 17.0. The van der Waals surface area contributed by atoms with Gasteiger partial charge in [-0.15, -0.1) is 0 Å². The topological polar surface area (TPSA) is 119 Å². The van der Waals surface area contributed by atoms with E-state index in [-0.39, 0.29) is 36.4 Å². The van der Waals surface area contributed by atoms with Crippen molar-refractivity contribution >= 4 is 23.1 Å². The van der Waals surface area contributed by atoms with Crippen LogP contribution in [0, 0.1) is 10.1 Å². The van der Waals surface area contributed by atoms with Crippen molar-refractivity contribution in [2.24, 2.45) is 0 Å². The molecule has 2 aromatic rings. The lowest BCUT2D eigenvalue weighted by molar-refractivity contribution is -0.385. The van der Waals surface area contributed by atoms with E-state index in [2.05, 4.69) is 15.6 Å². The number of aromatic nitrogens is 2. The van der Waals surface area contributed by atoms with Gasteiger partial charge in [0.05, 0.1) is 4.92 Å². The van der Waals surface area contributed by atoms with E-state index < -0.39 is 16.2 Å². The van der Waals surface area contributed by atoms with E-state index in [1.807, 2.05) is 13.8 Å². The van der Waals surface area contributed by atoms with Gasteiger partial charge in [-0.05, 0) is 26.0 Å². The van der Waals surface area contributed by atoms with E-state index in [0.29, 0.717) is 0 Å². The summed E-state index contributed by atoms with van der Waals surface area (Å²) in [5.74, 6) is -0.323. The largest absolute Gasteiger partial charge is 0.376 e. The quantitative estimate of drug-likeness (QED) is 0.604. The molecule has 2 heterocycles. The maximum absolute atomic E-state index is 12.2. The molecular weight excluding hydrogens is 302 g/mol. The van der Waals surface area contributed by atoms with E-state index in [9.17, 15) is 19.7 Å². The Morgan fingerprint density at radius 2 is 2.17 bits per heavy atom. The van der Waals surface area contributed by atoms with Gasteiger partial charge in [0.15, 0.2) is 0 Å². The van der Waals surface area contributed by atoms with E-state index in [1.165, 1.54) is 6.20 Å². The molecule has 0 spiro atoms. The van der Waals surface area contributed by atoms with Crippen molar-refractivity contribution < 1.29 is 9.72 Å². The summed E-state index contributed by atoms with van der Waals surface area (Å²) in [6, 6.07) is 4.85. The smallest absolute Gasteiger partial charge is 0.364 e. The molecule has 1 amide bonds. The number of anilines is 1. The molecule has 0 aromatic carbocycles. The standard InChI is InChI=1S/C14H17N5O4/c1-9(2)16-11(20)6-7-15-13-12(19(22)23)14(21)18-8-4-3-5-10(18)17-13/h3-5,8-9,15H,6-7H2,1-2H3,(H,16,20). The number of amides is 1. The molecule has 0 aliphatic rings. The van der Waals surface area contributed by atoms with E-state index in [0.717, 1.165) is 4.40 Å². The molecule has 0 atom stereocenters. The Kier molecular flexibility index (Phi) is 4.89. The Hall–Kier alpha value is -2.97. The van der Waals surface area contributed by atoms with Gasteiger partial charge >= 0.3 is 11.2 Å². The van der Waals surface area contributed by atoms with Crippen LogP contribution in [0.5, 0.6) is 0 Å². The monoisotopic (exact) mass is 319 g/mol. The summed E-state index contributed by atoms with van der Waals surface area (Å²) >= 11 is 0. The van der Waals surface area contributed by atoms with Crippen LogP contribution in [-0.2, 0) is 4.79 Å². The molecular formula is C14H17N5O4. The molecule has 0 bridgehead atoms. The van der Waals surface area contributed by atoms with Crippen molar-refractivity contribution in [3.63, 3.8) is 0 Å². The molecule has 0 aliphatic carbocycles. The summed E-state index contributed by atoms with van der Waals surface area (Å²) in [7, 11) is 0. The lowest BCUT2D eigenvalue weighted by Gasteiger charge is -2.10. The van der Waals surface area contributed by atoms with Crippen LogP contribution in [0.1, 0.15) is 20.3 Å². The zero-order valence-electron chi connectivity index (χ0n) is 12.8. The lowest BCUT2D eigenvalue weighted by atomic mass is 10.3. The fourth-order valence-corrected chi connectivity index (χ4v) is 2.06. The number of pyridine rings is 1. The van der Waals surface area contributed by atoms with Gasteiger partial charge in [-0.25, -0.2) is 4.98 Å². The van der Waals surface area contributed by atoms with Crippen LogP contribution >= 0.6 is 0 Å². The number of hydrogen-bond acceptors (Lipinski definition) is 6. The lowest BCUT2D eigenvalue weighted by Crippen LogP contribution is -2.31. The van der Waals surface area contributed by atoms with Crippen molar-refractivity contribution in [2.75, 3.05) is 11.9 Å². The van der Waals surface area contributed by atoms with Gasteiger partial charge in [0.2, 0.25) is 11.7 Å². The number of fused-ring (bicyclic) bond motifs is 1. The molecule has 0 radical (unpaired) electrons. The maximum atomic E-state index is 12.2. The summed E-state index contributed by atoms with van der Waals surface area (Å²) in [4.78, 5) is 38.2. The van der Waals surface area contributed by atoms with Gasteiger partial charge in [-0.3, -0.25) is 24.1 Å². The molecule has 0 saturated carbocycles. The molecule has 0 unspecified atom stereocenters. The van der Waals surface area contributed by atoms with E-state index in [1.54, 1.807) is 18.2 Å². The Balaban J connectivity index is 2.26. The summed E-state index contributed by atoms with van der Waals surface area (Å²) < 4.78 is 1.11. The number of hydrogen-bond donors (Lipinski definition) is 2. The minimum absolute atomic E-state index is 0.0141. The highest BCUT2D eigenvalue weighted by Crippen LogP contribution is 2.17. The van der Waals surface area contributed by atoms with Gasteiger partial charge < -0.3 is 10.6 Å². The van der Waals surface area contributed by atoms with Crippen molar-refractivity contribution in [1.82, 2.24) is 14.7 Å². The van der Waals surface area contributed by atoms with Crippen LogP contribution in [0.4, 0.5) is 11.5 Å². The normalized spacial score (nSPS) is 10.7. The van der Waals surface area contributed by atoms with Crippen LogP contribution in [-0.4, -0.2) is 32.8 Å². The molecule has 9 nitrogen and oxygen atoms in total.